The standard InChI is InChI=1S/C24H29ClN2O4S/c1-16-14-26(11-10-18-6-8-21(25)9-7-18)15-17(2)27(16)32(30,31)23-5-3-4-19-12-20(24(28)29)13-22(19)23/h3-9,16-17,20H,10-15H2,1-2H3,(H,28,29). The number of carboxylic acids is 1. The molecule has 6 nitrogen and oxygen atoms in total. The van der Waals surface area contributed by atoms with Gasteiger partial charge in [0, 0.05) is 36.7 Å². The van der Waals surface area contributed by atoms with Crippen molar-refractivity contribution in [2.75, 3.05) is 19.6 Å². The maximum absolute atomic E-state index is 13.7. The third-order valence-corrected chi connectivity index (χ3v) is 9.06. The Labute approximate surface area is 194 Å². The van der Waals surface area contributed by atoms with Crippen LogP contribution in [0.1, 0.15) is 30.5 Å². The van der Waals surface area contributed by atoms with Gasteiger partial charge in [-0.1, -0.05) is 35.9 Å². The maximum Gasteiger partial charge on any atom is 0.307 e. The second-order valence-electron chi connectivity index (χ2n) is 9.01. The van der Waals surface area contributed by atoms with Gasteiger partial charge >= 0.3 is 5.97 Å². The van der Waals surface area contributed by atoms with Crippen molar-refractivity contribution in [2.24, 2.45) is 5.92 Å². The van der Waals surface area contributed by atoms with Crippen molar-refractivity contribution in [1.29, 1.82) is 0 Å². The smallest absolute Gasteiger partial charge is 0.307 e. The first-order valence-electron chi connectivity index (χ1n) is 11.0. The van der Waals surface area contributed by atoms with E-state index in [0.717, 1.165) is 23.6 Å². The average Bonchev–Trinajstić information content (AvgIpc) is 3.17. The van der Waals surface area contributed by atoms with Gasteiger partial charge in [-0.3, -0.25) is 9.69 Å². The lowest BCUT2D eigenvalue weighted by atomic mass is 10.1. The number of carbonyl (C=O) groups is 1. The highest BCUT2D eigenvalue weighted by Crippen LogP contribution is 2.35. The van der Waals surface area contributed by atoms with Crippen molar-refractivity contribution in [2.45, 2.75) is 50.1 Å². The summed E-state index contributed by atoms with van der Waals surface area (Å²) in [5.41, 5.74) is 2.71. The third-order valence-electron chi connectivity index (χ3n) is 6.60. The third kappa shape index (κ3) is 4.57. The number of hydrogen-bond acceptors (Lipinski definition) is 4. The van der Waals surface area contributed by atoms with Gasteiger partial charge in [0.1, 0.15) is 0 Å². The molecule has 8 heteroatoms. The van der Waals surface area contributed by atoms with Gasteiger partial charge in [0.05, 0.1) is 10.8 Å². The molecule has 1 heterocycles. The molecule has 3 atom stereocenters. The quantitative estimate of drug-likeness (QED) is 0.690. The Kier molecular flexibility index (Phi) is 6.63. The Morgan fingerprint density at radius 2 is 1.72 bits per heavy atom. The van der Waals surface area contributed by atoms with E-state index in [1.54, 1.807) is 16.4 Å². The van der Waals surface area contributed by atoms with Crippen LogP contribution in [0.25, 0.3) is 0 Å². The van der Waals surface area contributed by atoms with E-state index in [1.807, 2.05) is 44.2 Å². The van der Waals surface area contributed by atoms with Crippen molar-refractivity contribution in [3.05, 3.63) is 64.2 Å². The molecular formula is C24H29ClN2O4S. The van der Waals surface area contributed by atoms with E-state index in [1.165, 1.54) is 5.56 Å². The molecule has 1 fully saturated rings. The van der Waals surface area contributed by atoms with Gasteiger partial charge in [0.2, 0.25) is 10.0 Å². The van der Waals surface area contributed by atoms with Crippen LogP contribution in [-0.4, -0.2) is 60.4 Å². The Hall–Kier alpha value is -1.93. The van der Waals surface area contributed by atoms with Gasteiger partial charge in [-0.15, -0.1) is 0 Å². The van der Waals surface area contributed by atoms with E-state index >= 15 is 0 Å². The van der Waals surface area contributed by atoms with Gasteiger partial charge in [-0.25, -0.2) is 8.42 Å². The Balaban J connectivity index is 1.49. The van der Waals surface area contributed by atoms with Crippen LogP contribution in [0.2, 0.25) is 5.02 Å². The maximum atomic E-state index is 13.7. The van der Waals surface area contributed by atoms with Gasteiger partial charge < -0.3 is 5.11 Å². The Morgan fingerprint density at radius 1 is 1.06 bits per heavy atom. The number of rotatable bonds is 6. The number of nitrogens with zero attached hydrogens (tertiary/aromatic N) is 2. The summed E-state index contributed by atoms with van der Waals surface area (Å²) in [5, 5.41) is 10.1. The number of hydrogen-bond donors (Lipinski definition) is 1. The molecule has 2 aromatic carbocycles. The molecule has 4 rings (SSSR count). The van der Waals surface area contributed by atoms with Crippen LogP contribution < -0.4 is 0 Å². The zero-order chi connectivity index (χ0) is 23.0. The number of sulfonamides is 1. The van der Waals surface area contributed by atoms with Crippen LogP contribution in [-0.2, 0) is 34.1 Å². The predicted molar refractivity (Wildman–Crippen MR) is 125 cm³/mol. The fraction of sp³-hybridized carbons (Fsp3) is 0.458. The first kappa shape index (κ1) is 23.2. The van der Waals surface area contributed by atoms with E-state index in [-0.39, 0.29) is 23.4 Å². The SMILES string of the molecule is CC1CN(CCc2ccc(Cl)cc2)CC(C)N1S(=O)(=O)c1cccc2c1CC(C(=O)O)C2. The zero-order valence-corrected chi connectivity index (χ0v) is 19.9. The van der Waals surface area contributed by atoms with Gasteiger partial charge in [0.15, 0.2) is 0 Å². The molecule has 172 valence electrons. The molecular weight excluding hydrogens is 448 g/mol. The molecule has 1 N–H and O–H groups in total. The first-order valence-corrected chi connectivity index (χ1v) is 12.8. The number of aliphatic carboxylic acids is 1. The first-order chi connectivity index (χ1) is 15.2. The highest BCUT2D eigenvalue weighted by atomic mass is 35.5. The summed E-state index contributed by atoms with van der Waals surface area (Å²) in [6, 6.07) is 12.7. The number of fused-ring (bicyclic) bond motifs is 1. The van der Waals surface area contributed by atoms with Crippen molar-refractivity contribution < 1.29 is 18.3 Å². The molecule has 0 aromatic heterocycles. The molecule has 1 saturated heterocycles. The largest absolute Gasteiger partial charge is 0.481 e. The van der Waals surface area contributed by atoms with Crippen molar-refractivity contribution >= 4 is 27.6 Å². The molecule has 0 saturated carbocycles. The summed E-state index contributed by atoms with van der Waals surface area (Å²) < 4.78 is 29.0. The topological polar surface area (TPSA) is 77.9 Å². The normalized spacial score (nSPS) is 24.4. The minimum Gasteiger partial charge on any atom is -0.481 e. The number of piperazine rings is 1. The highest BCUT2D eigenvalue weighted by Gasteiger charge is 2.41. The number of benzene rings is 2. The second-order valence-corrected chi connectivity index (χ2v) is 11.3. The van der Waals surface area contributed by atoms with E-state index in [0.29, 0.717) is 25.1 Å². The Bertz CT molecular complexity index is 1090. The molecule has 1 aliphatic heterocycles. The van der Waals surface area contributed by atoms with Crippen molar-refractivity contribution in [1.82, 2.24) is 9.21 Å². The molecule has 3 unspecified atom stereocenters. The lowest BCUT2D eigenvalue weighted by molar-refractivity contribution is -0.141. The summed E-state index contributed by atoms with van der Waals surface area (Å²) in [4.78, 5) is 14.1. The fourth-order valence-electron chi connectivity index (χ4n) is 5.16. The lowest BCUT2D eigenvalue weighted by Gasteiger charge is -2.43. The molecule has 1 aliphatic carbocycles. The highest BCUT2D eigenvalue weighted by molar-refractivity contribution is 7.89. The summed E-state index contributed by atoms with van der Waals surface area (Å²) in [6.07, 6.45) is 1.54. The van der Waals surface area contributed by atoms with Crippen LogP contribution in [0.4, 0.5) is 0 Å². The zero-order valence-electron chi connectivity index (χ0n) is 18.4. The summed E-state index contributed by atoms with van der Waals surface area (Å²) >= 11 is 5.96. The summed E-state index contributed by atoms with van der Waals surface area (Å²) in [6.45, 7) is 6.07. The van der Waals surface area contributed by atoms with Gasteiger partial charge in [-0.2, -0.15) is 4.31 Å². The monoisotopic (exact) mass is 476 g/mol. The Morgan fingerprint density at radius 3 is 2.34 bits per heavy atom. The average molecular weight is 477 g/mol. The van der Waals surface area contributed by atoms with E-state index in [2.05, 4.69) is 4.90 Å². The van der Waals surface area contributed by atoms with Gasteiger partial charge in [0.25, 0.3) is 0 Å². The van der Waals surface area contributed by atoms with Crippen LogP contribution >= 0.6 is 11.6 Å². The fourth-order valence-corrected chi connectivity index (χ4v) is 7.37. The van der Waals surface area contributed by atoms with Gasteiger partial charge in [-0.05, 0) is 68.0 Å². The van der Waals surface area contributed by atoms with Crippen LogP contribution in [0.5, 0.6) is 0 Å². The van der Waals surface area contributed by atoms with Crippen molar-refractivity contribution in [3.63, 3.8) is 0 Å². The van der Waals surface area contributed by atoms with Crippen LogP contribution in [0.3, 0.4) is 0 Å². The number of halogens is 1. The number of carboxylic acid groups (broad SMARTS) is 1. The summed E-state index contributed by atoms with van der Waals surface area (Å²) in [5.74, 6) is -1.43. The van der Waals surface area contributed by atoms with Crippen molar-refractivity contribution in [3.8, 4) is 0 Å². The molecule has 0 bridgehead atoms. The predicted octanol–water partition coefficient (Wildman–Crippen LogP) is 3.47. The molecule has 0 radical (unpaired) electrons. The van der Waals surface area contributed by atoms with Crippen LogP contribution in [0.15, 0.2) is 47.4 Å². The minimum absolute atomic E-state index is 0.179. The molecule has 0 spiro atoms. The van der Waals surface area contributed by atoms with E-state index in [4.69, 9.17) is 11.6 Å². The minimum atomic E-state index is -3.73. The molecule has 32 heavy (non-hydrogen) atoms. The lowest BCUT2D eigenvalue weighted by Crippen LogP contribution is -2.58. The van der Waals surface area contributed by atoms with E-state index in [9.17, 15) is 18.3 Å². The molecule has 0 amide bonds. The van der Waals surface area contributed by atoms with Crippen LogP contribution in [0, 0.1) is 5.92 Å². The second kappa shape index (κ2) is 9.14. The molecule has 2 aliphatic rings. The van der Waals surface area contributed by atoms with E-state index < -0.39 is 21.9 Å². The molecule has 2 aromatic rings. The summed E-state index contributed by atoms with van der Waals surface area (Å²) in [7, 11) is -3.73.